The molecule has 19 heavy (non-hydrogen) atoms. The fourth-order valence-electron chi connectivity index (χ4n) is 4.68. The lowest BCUT2D eigenvalue weighted by atomic mass is 9.52. The molecule has 4 rings (SSSR count). The van der Waals surface area contributed by atoms with E-state index in [1.165, 1.54) is 35.7 Å². The van der Waals surface area contributed by atoms with Gasteiger partial charge in [0, 0.05) is 10.0 Å². The Morgan fingerprint density at radius 3 is 2.05 bits per heavy atom. The first kappa shape index (κ1) is 13.6. The second-order valence-corrected chi connectivity index (χ2v) is 8.02. The average Bonchev–Trinajstić information content (AvgIpc) is 2.39. The van der Waals surface area contributed by atoms with Gasteiger partial charge in [-0.1, -0.05) is 28.1 Å². The average molecular weight is 322 g/mol. The minimum atomic E-state index is -0.0680. The molecule has 2 atom stereocenters. The van der Waals surface area contributed by atoms with E-state index in [4.69, 9.17) is 5.73 Å². The zero-order valence-corrected chi connectivity index (χ0v) is 13.5. The van der Waals surface area contributed by atoms with Crippen LogP contribution < -0.4 is 5.73 Å². The number of halogens is 1. The Hall–Kier alpha value is -0.340. The van der Waals surface area contributed by atoms with Gasteiger partial charge in [0.1, 0.15) is 0 Å². The summed E-state index contributed by atoms with van der Waals surface area (Å²) in [7, 11) is 0. The first-order chi connectivity index (χ1) is 8.97. The molecule has 0 radical (unpaired) electrons. The lowest BCUT2D eigenvalue weighted by Gasteiger charge is -2.54. The lowest BCUT2D eigenvalue weighted by molar-refractivity contribution is 0.0264. The molecule has 104 valence electrons. The van der Waals surface area contributed by atoms with E-state index < -0.39 is 0 Å². The maximum atomic E-state index is 6.55. The highest BCUT2D eigenvalue weighted by Crippen LogP contribution is 2.56. The molecule has 0 amide bonds. The highest BCUT2D eigenvalue weighted by Gasteiger charge is 2.48. The summed E-state index contributed by atoms with van der Waals surface area (Å²) < 4.78 is 1.17. The second kappa shape index (κ2) is 4.89. The molecular formula is C17H24BrN. The van der Waals surface area contributed by atoms with Gasteiger partial charge in [-0.3, -0.25) is 0 Å². The Bertz CT molecular complexity index is 437. The van der Waals surface area contributed by atoms with Crippen LogP contribution in [0.15, 0.2) is 28.7 Å². The minimum Gasteiger partial charge on any atom is -0.325 e. The van der Waals surface area contributed by atoms with Gasteiger partial charge in [-0.25, -0.2) is 0 Å². The molecule has 3 aliphatic carbocycles. The van der Waals surface area contributed by atoms with Crippen LogP contribution in [-0.2, 0) is 0 Å². The normalized spacial score (nSPS) is 34.5. The third kappa shape index (κ3) is 2.50. The third-order valence-electron chi connectivity index (χ3n) is 5.33. The van der Waals surface area contributed by atoms with Crippen LogP contribution in [0.1, 0.15) is 51.0 Å². The van der Waals surface area contributed by atoms with Crippen LogP contribution in [-0.4, -0.2) is 5.54 Å². The summed E-state index contributed by atoms with van der Waals surface area (Å²) in [6.07, 6.45) is 5.59. The Morgan fingerprint density at radius 1 is 1.00 bits per heavy atom. The summed E-state index contributed by atoms with van der Waals surface area (Å²) in [6, 6.07) is 8.96. The summed E-state index contributed by atoms with van der Waals surface area (Å²) in [6.45, 7) is 4.45. The molecule has 2 bridgehead atoms. The summed E-state index contributed by atoms with van der Waals surface area (Å²) in [5.74, 6) is 2.99. The second-order valence-electron chi connectivity index (χ2n) is 7.10. The number of hydrogen-bond acceptors (Lipinski definition) is 1. The van der Waals surface area contributed by atoms with E-state index in [0.717, 1.165) is 11.8 Å². The summed E-state index contributed by atoms with van der Waals surface area (Å²) in [5, 5.41) is 0. The SMILES string of the molecule is CC(C)(N)C1C2CCC(CC2)C1c1ccc(Br)cc1. The van der Waals surface area contributed by atoms with Crippen LogP contribution >= 0.6 is 15.9 Å². The van der Waals surface area contributed by atoms with E-state index in [9.17, 15) is 0 Å². The molecule has 0 spiro atoms. The zero-order valence-electron chi connectivity index (χ0n) is 11.9. The van der Waals surface area contributed by atoms with E-state index in [-0.39, 0.29) is 5.54 Å². The van der Waals surface area contributed by atoms with Crippen molar-refractivity contribution in [2.24, 2.45) is 23.5 Å². The molecule has 2 heteroatoms. The van der Waals surface area contributed by atoms with Gasteiger partial charge in [-0.05, 0) is 80.9 Å². The Kier molecular flexibility index (Phi) is 3.51. The van der Waals surface area contributed by atoms with Crippen molar-refractivity contribution < 1.29 is 0 Å². The van der Waals surface area contributed by atoms with Gasteiger partial charge in [-0.15, -0.1) is 0 Å². The van der Waals surface area contributed by atoms with Crippen molar-refractivity contribution in [3.8, 4) is 0 Å². The van der Waals surface area contributed by atoms with Crippen LogP contribution in [0.4, 0.5) is 0 Å². The molecule has 3 fully saturated rings. The molecular weight excluding hydrogens is 298 g/mol. The van der Waals surface area contributed by atoms with E-state index in [1.807, 2.05) is 0 Å². The van der Waals surface area contributed by atoms with Crippen molar-refractivity contribution in [1.82, 2.24) is 0 Å². The standard InChI is InChI=1S/C17H24BrN/c1-17(2,19)16-13-5-3-11(4-6-13)15(16)12-7-9-14(18)10-8-12/h7-11,13,15-16H,3-6,19H2,1-2H3. The lowest BCUT2D eigenvalue weighted by Crippen LogP contribution is -2.53. The molecule has 3 saturated carbocycles. The first-order valence-corrected chi connectivity index (χ1v) is 8.30. The minimum absolute atomic E-state index is 0.0680. The predicted molar refractivity (Wildman–Crippen MR) is 84.1 cm³/mol. The number of benzene rings is 1. The van der Waals surface area contributed by atoms with Gasteiger partial charge in [0.15, 0.2) is 0 Å². The van der Waals surface area contributed by atoms with Crippen molar-refractivity contribution in [2.75, 3.05) is 0 Å². The van der Waals surface area contributed by atoms with Crippen molar-refractivity contribution in [3.05, 3.63) is 34.3 Å². The highest BCUT2D eigenvalue weighted by molar-refractivity contribution is 9.10. The monoisotopic (exact) mass is 321 g/mol. The van der Waals surface area contributed by atoms with Crippen LogP contribution in [0.2, 0.25) is 0 Å². The van der Waals surface area contributed by atoms with Gasteiger partial charge in [0.25, 0.3) is 0 Å². The van der Waals surface area contributed by atoms with E-state index in [2.05, 4.69) is 54.0 Å². The Balaban J connectivity index is 1.98. The topological polar surface area (TPSA) is 26.0 Å². The molecule has 0 heterocycles. The molecule has 3 aliphatic rings. The zero-order chi connectivity index (χ0) is 13.6. The van der Waals surface area contributed by atoms with Crippen molar-refractivity contribution in [1.29, 1.82) is 0 Å². The largest absolute Gasteiger partial charge is 0.325 e. The molecule has 1 nitrogen and oxygen atoms in total. The number of fused-ring (bicyclic) bond motifs is 3. The van der Waals surface area contributed by atoms with Crippen LogP contribution in [0.3, 0.4) is 0 Å². The molecule has 2 N–H and O–H groups in total. The first-order valence-electron chi connectivity index (χ1n) is 7.51. The van der Waals surface area contributed by atoms with Crippen molar-refractivity contribution >= 4 is 15.9 Å². The molecule has 1 aromatic rings. The van der Waals surface area contributed by atoms with Crippen LogP contribution in [0.5, 0.6) is 0 Å². The quantitative estimate of drug-likeness (QED) is 0.839. The molecule has 0 aromatic heterocycles. The Labute approximate surface area is 125 Å². The van der Waals surface area contributed by atoms with Crippen LogP contribution in [0.25, 0.3) is 0 Å². The maximum Gasteiger partial charge on any atom is 0.0175 e. The molecule has 2 unspecified atom stereocenters. The molecule has 0 saturated heterocycles. The van der Waals surface area contributed by atoms with Gasteiger partial charge in [0.05, 0.1) is 0 Å². The van der Waals surface area contributed by atoms with Gasteiger partial charge in [0.2, 0.25) is 0 Å². The number of nitrogens with two attached hydrogens (primary N) is 1. The molecule has 1 aromatic carbocycles. The number of rotatable bonds is 2. The number of hydrogen-bond donors (Lipinski definition) is 1. The maximum absolute atomic E-state index is 6.55. The smallest absolute Gasteiger partial charge is 0.0175 e. The Morgan fingerprint density at radius 2 is 1.53 bits per heavy atom. The highest BCUT2D eigenvalue weighted by atomic mass is 79.9. The van der Waals surface area contributed by atoms with Crippen molar-refractivity contribution in [2.45, 2.75) is 51.0 Å². The summed E-state index contributed by atoms with van der Waals surface area (Å²) in [4.78, 5) is 0. The summed E-state index contributed by atoms with van der Waals surface area (Å²) >= 11 is 3.54. The van der Waals surface area contributed by atoms with E-state index >= 15 is 0 Å². The molecule has 0 aliphatic heterocycles. The van der Waals surface area contributed by atoms with Gasteiger partial charge >= 0.3 is 0 Å². The van der Waals surface area contributed by atoms with Gasteiger partial charge in [-0.2, -0.15) is 0 Å². The van der Waals surface area contributed by atoms with E-state index in [0.29, 0.717) is 11.8 Å². The van der Waals surface area contributed by atoms with E-state index in [1.54, 1.807) is 0 Å². The van der Waals surface area contributed by atoms with Gasteiger partial charge < -0.3 is 5.73 Å². The fraction of sp³-hybridized carbons (Fsp3) is 0.647. The fourth-order valence-corrected chi connectivity index (χ4v) is 4.95. The third-order valence-corrected chi connectivity index (χ3v) is 5.86. The predicted octanol–water partition coefficient (Wildman–Crippen LogP) is 4.71. The van der Waals surface area contributed by atoms with Crippen molar-refractivity contribution in [3.63, 3.8) is 0 Å². The summed E-state index contributed by atoms with van der Waals surface area (Å²) in [5.41, 5.74) is 7.98. The van der Waals surface area contributed by atoms with Crippen LogP contribution in [0, 0.1) is 17.8 Å².